The van der Waals surface area contributed by atoms with E-state index in [0.717, 1.165) is 10.9 Å². The highest BCUT2D eigenvalue weighted by Gasteiger charge is 2.06. The fourth-order valence-electron chi connectivity index (χ4n) is 2.43. The number of pyridine rings is 1. The number of nitrogens with zero attached hydrogens (tertiary/aromatic N) is 1. The number of rotatable bonds is 6. The molecule has 6 nitrogen and oxygen atoms in total. The average Bonchev–Trinajstić information content (AvgIpc) is 2.75. The molecular weight excluding hydrogens is 354 g/mol. The van der Waals surface area contributed by atoms with Gasteiger partial charge in [0.15, 0.2) is 0 Å². The number of nitrogens with one attached hydrogen (secondary N) is 2. The van der Waals surface area contributed by atoms with Crippen LogP contribution in [-0.2, 0) is 4.79 Å². The van der Waals surface area contributed by atoms with Crippen molar-refractivity contribution in [2.24, 2.45) is 0 Å². The standard InChI is InChI=1S/C22H19N3O3/c26-21(16-25-22(27)18-7-2-1-3-8-18)24-12-4-5-14-28-19-11-10-17-9-6-13-23-20(17)15-19/h1-3,6-11,13,15H,12,14,16H2,(H,24,26)(H,25,27). The van der Waals surface area contributed by atoms with Crippen LogP contribution < -0.4 is 15.4 Å². The molecule has 3 aromatic rings. The van der Waals surface area contributed by atoms with Gasteiger partial charge < -0.3 is 15.4 Å². The molecule has 0 aliphatic heterocycles. The van der Waals surface area contributed by atoms with Crippen molar-refractivity contribution in [1.29, 1.82) is 0 Å². The minimum atomic E-state index is -0.305. The van der Waals surface area contributed by atoms with E-state index in [9.17, 15) is 9.59 Å². The molecule has 1 aromatic heterocycles. The Morgan fingerprint density at radius 3 is 2.68 bits per heavy atom. The largest absolute Gasteiger partial charge is 0.481 e. The molecule has 0 bridgehead atoms. The highest BCUT2D eigenvalue weighted by atomic mass is 16.5. The molecule has 28 heavy (non-hydrogen) atoms. The summed E-state index contributed by atoms with van der Waals surface area (Å²) in [5.41, 5.74) is 1.37. The zero-order valence-corrected chi connectivity index (χ0v) is 15.1. The second kappa shape index (κ2) is 9.74. The van der Waals surface area contributed by atoms with E-state index in [0.29, 0.717) is 11.3 Å². The van der Waals surface area contributed by atoms with E-state index in [1.54, 1.807) is 30.5 Å². The topological polar surface area (TPSA) is 80.3 Å². The second-order valence-electron chi connectivity index (χ2n) is 5.83. The maximum Gasteiger partial charge on any atom is 0.251 e. The first-order valence-electron chi connectivity index (χ1n) is 8.75. The van der Waals surface area contributed by atoms with Crippen LogP contribution in [0.15, 0.2) is 66.9 Å². The third kappa shape index (κ3) is 5.58. The van der Waals surface area contributed by atoms with Crippen LogP contribution in [0.5, 0.6) is 5.75 Å². The van der Waals surface area contributed by atoms with Crippen molar-refractivity contribution in [3.63, 3.8) is 0 Å². The van der Waals surface area contributed by atoms with E-state index in [4.69, 9.17) is 4.74 Å². The maximum atomic E-state index is 11.8. The molecule has 2 N–H and O–H groups in total. The van der Waals surface area contributed by atoms with Crippen LogP contribution in [0.2, 0.25) is 0 Å². The molecule has 0 saturated heterocycles. The Morgan fingerprint density at radius 1 is 0.964 bits per heavy atom. The summed E-state index contributed by atoms with van der Waals surface area (Å²) < 4.78 is 5.57. The van der Waals surface area contributed by atoms with Crippen LogP contribution in [0, 0.1) is 11.8 Å². The van der Waals surface area contributed by atoms with E-state index in [-0.39, 0.29) is 31.5 Å². The highest BCUT2D eigenvalue weighted by Crippen LogP contribution is 2.18. The van der Waals surface area contributed by atoms with Gasteiger partial charge in [-0.1, -0.05) is 36.1 Å². The summed E-state index contributed by atoms with van der Waals surface area (Å²) in [5, 5.41) is 6.22. The van der Waals surface area contributed by atoms with E-state index in [1.807, 2.05) is 36.4 Å². The first kappa shape index (κ1) is 18.9. The Labute approximate surface area is 162 Å². The van der Waals surface area contributed by atoms with Gasteiger partial charge in [0.05, 0.1) is 18.6 Å². The Morgan fingerprint density at radius 2 is 1.82 bits per heavy atom. The van der Waals surface area contributed by atoms with Gasteiger partial charge in [0.2, 0.25) is 5.91 Å². The lowest BCUT2D eigenvalue weighted by Crippen LogP contribution is -2.37. The molecule has 1 heterocycles. The van der Waals surface area contributed by atoms with Crippen LogP contribution in [0.1, 0.15) is 10.4 Å². The number of ether oxygens (including phenoxy) is 1. The molecule has 0 fully saturated rings. The summed E-state index contributed by atoms with van der Waals surface area (Å²) in [6.07, 6.45) is 1.73. The molecule has 0 unspecified atom stereocenters. The molecule has 0 atom stereocenters. The minimum absolute atomic E-state index is 0.101. The summed E-state index contributed by atoms with van der Waals surface area (Å²) in [6.45, 7) is 0.289. The summed E-state index contributed by atoms with van der Waals surface area (Å²) in [5.74, 6) is 5.73. The van der Waals surface area contributed by atoms with Crippen molar-refractivity contribution < 1.29 is 14.3 Å². The average molecular weight is 373 g/mol. The zero-order valence-electron chi connectivity index (χ0n) is 15.1. The van der Waals surface area contributed by atoms with Crippen LogP contribution in [0.4, 0.5) is 0 Å². The predicted octanol–water partition coefficient (Wildman–Crippen LogP) is 2.16. The molecule has 0 aliphatic carbocycles. The van der Waals surface area contributed by atoms with Crippen LogP contribution in [0.25, 0.3) is 10.9 Å². The Hall–Kier alpha value is -3.85. The fraction of sp³-hybridized carbons (Fsp3) is 0.136. The van der Waals surface area contributed by atoms with E-state index >= 15 is 0 Å². The number of amides is 2. The normalized spacial score (nSPS) is 9.86. The van der Waals surface area contributed by atoms with Gasteiger partial charge in [0.25, 0.3) is 5.91 Å². The third-order valence-corrected chi connectivity index (χ3v) is 3.83. The van der Waals surface area contributed by atoms with Crippen molar-refractivity contribution in [3.05, 3.63) is 72.4 Å². The lowest BCUT2D eigenvalue weighted by Gasteiger charge is -2.05. The molecule has 0 saturated carbocycles. The van der Waals surface area contributed by atoms with Gasteiger partial charge in [-0.2, -0.15) is 0 Å². The van der Waals surface area contributed by atoms with Crippen molar-refractivity contribution in [2.45, 2.75) is 0 Å². The number of aromatic nitrogens is 1. The molecule has 3 rings (SSSR count). The Balaban J connectivity index is 1.35. The molecule has 0 radical (unpaired) electrons. The van der Waals surface area contributed by atoms with Crippen molar-refractivity contribution in [3.8, 4) is 17.6 Å². The number of hydrogen-bond acceptors (Lipinski definition) is 4. The molecular formula is C22H19N3O3. The number of hydrogen-bond donors (Lipinski definition) is 2. The first-order chi connectivity index (χ1) is 13.7. The summed E-state index contributed by atoms with van der Waals surface area (Å²) in [7, 11) is 0. The summed E-state index contributed by atoms with van der Waals surface area (Å²) in [4.78, 5) is 27.8. The number of carbonyl (C=O) groups is 2. The smallest absolute Gasteiger partial charge is 0.251 e. The molecule has 6 heteroatoms. The molecule has 2 aromatic carbocycles. The lowest BCUT2D eigenvalue weighted by molar-refractivity contribution is -0.119. The van der Waals surface area contributed by atoms with Crippen molar-refractivity contribution in [1.82, 2.24) is 15.6 Å². The van der Waals surface area contributed by atoms with E-state index in [2.05, 4.69) is 27.5 Å². The van der Waals surface area contributed by atoms with Crippen molar-refractivity contribution in [2.75, 3.05) is 19.7 Å². The van der Waals surface area contributed by atoms with Crippen molar-refractivity contribution >= 4 is 22.7 Å². The third-order valence-electron chi connectivity index (χ3n) is 3.83. The number of carbonyl (C=O) groups excluding carboxylic acids is 2. The van der Waals surface area contributed by atoms with Crippen LogP contribution in [-0.4, -0.2) is 36.5 Å². The van der Waals surface area contributed by atoms with Gasteiger partial charge in [-0.15, -0.1) is 0 Å². The van der Waals surface area contributed by atoms with Gasteiger partial charge in [-0.25, -0.2) is 0 Å². The lowest BCUT2D eigenvalue weighted by atomic mass is 10.2. The van der Waals surface area contributed by atoms with Gasteiger partial charge in [-0.05, 0) is 30.3 Å². The summed E-state index contributed by atoms with van der Waals surface area (Å²) >= 11 is 0. The molecule has 0 spiro atoms. The zero-order chi connectivity index (χ0) is 19.6. The van der Waals surface area contributed by atoms with Gasteiger partial charge in [-0.3, -0.25) is 14.6 Å². The number of fused-ring (bicyclic) bond motifs is 1. The van der Waals surface area contributed by atoms with Gasteiger partial charge in [0.1, 0.15) is 12.4 Å². The molecule has 0 aliphatic rings. The van der Waals surface area contributed by atoms with E-state index in [1.165, 1.54) is 0 Å². The minimum Gasteiger partial charge on any atom is -0.481 e. The van der Waals surface area contributed by atoms with Gasteiger partial charge in [0, 0.05) is 23.2 Å². The predicted molar refractivity (Wildman–Crippen MR) is 107 cm³/mol. The Bertz CT molecular complexity index is 1020. The van der Waals surface area contributed by atoms with Crippen LogP contribution >= 0.6 is 0 Å². The number of benzene rings is 2. The quantitative estimate of drug-likeness (QED) is 0.649. The fourth-order valence-corrected chi connectivity index (χ4v) is 2.43. The van der Waals surface area contributed by atoms with Gasteiger partial charge >= 0.3 is 0 Å². The van der Waals surface area contributed by atoms with Crippen LogP contribution in [0.3, 0.4) is 0 Å². The molecule has 2 amide bonds. The first-order valence-corrected chi connectivity index (χ1v) is 8.75. The van der Waals surface area contributed by atoms with E-state index < -0.39 is 0 Å². The Kier molecular flexibility index (Phi) is 6.58. The second-order valence-corrected chi connectivity index (χ2v) is 5.83. The highest BCUT2D eigenvalue weighted by molar-refractivity contribution is 5.96. The molecule has 140 valence electrons. The maximum absolute atomic E-state index is 11.8. The summed E-state index contributed by atoms with van der Waals surface area (Å²) in [6, 6.07) is 18.2. The monoisotopic (exact) mass is 373 g/mol. The SMILES string of the molecule is O=C(CNC(=O)c1ccccc1)NCC#CCOc1ccc2cccnc2c1.